The van der Waals surface area contributed by atoms with E-state index >= 15 is 0 Å². The second-order valence-corrected chi connectivity index (χ2v) is 7.53. The molecule has 2 aromatic rings. The van der Waals surface area contributed by atoms with Gasteiger partial charge in [-0.25, -0.2) is 0 Å². The summed E-state index contributed by atoms with van der Waals surface area (Å²) in [6.45, 7) is 4.48. The number of hydrogen-bond acceptors (Lipinski definition) is 4. The molecule has 5 nitrogen and oxygen atoms in total. The summed E-state index contributed by atoms with van der Waals surface area (Å²) in [5, 5.41) is 4.16. The zero-order chi connectivity index (χ0) is 19.1. The Kier molecular flexibility index (Phi) is 7.04. The molecule has 3 rings (SSSR count). The third-order valence-electron chi connectivity index (χ3n) is 5.42. The minimum absolute atomic E-state index is 0.273. The smallest absolute Gasteiger partial charge is 0.236 e. The van der Waals surface area contributed by atoms with Crippen LogP contribution in [0.5, 0.6) is 0 Å². The van der Waals surface area contributed by atoms with Crippen molar-refractivity contribution >= 4 is 5.91 Å². The molecule has 1 aromatic heterocycles. The fourth-order valence-corrected chi connectivity index (χ4v) is 3.85. The van der Waals surface area contributed by atoms with Crippen molar-refractivity contribution in [2.24, 2.45) is 0 Å². The largest absolute Gasteiger partial charge is 0.361 e. The van der Waals surface area contributed by atoms with Gasteiger partial charge in [0.25, 0.3) is 0 Å². The van der Waals surface area contributed by atoms with Crippen LogP contribution in [0.15, 0.2) is 40.9 Å². The molecule has 1 unspecified atom stereocenters. The van der Waals surface area contributed by atoms with E-state index < -0.39 is 0 Å². The van der Waals surface area contributed by atoms with Crippen LogP contribution in [0.2, 0.25) is 0 Å². The second kappa shape index (κ2) is 9.70. The molecule has 0 bridgehead atoms. The number of piperidine rings is 1. The highest BCUT2D eigenvalue weighted by atomic mass is 16.5. The summed E-state index contributed by atoms with van der Waals surface area (Å²) in [5.74, 6) is 1.17. The number of likely N-dealkylation sites (N-methyl/N-ethyl adjacent to an activating group) is 1. The first kappa shape index (κ1) is 19.6. The quantitative estimate of drug-likeness (QED) is 0.706. The zero-order valence-corrected chi connectivity index (χ0v) is 16.6. The Morgan fingerprint density at radius 3 is 2.89 bits per heavy atom. The average molecular weight is 370 g/mol. The van der Waals surface area contributed by atoms with E-state index in [0.29, 0.717) is 12.6 Å². The molecular weight excluding hydrogens is 338 g/mol. The van der Waals surface area contributed by atoms with E-state index in [1.54, 1.807) is 0 Å². The van der Waals surface area contributed by atoms with Gasteiger partial charge >= 0.3 is 0 Å². The molecule has 1 aromatic carbocycles. The first-order chi connectivity index (χ1) is 13.2. The molecule has 0 spiro atoms. The van der Waals surface area contributed by atoms with E-state index in [9.17, 15) is 4.79 Å². The Balaban J connectivity index is 1.42. The number of rotatable bonds is 8. The molecule has 1 fully saturated rings. The van der Waals surface area contributed by atoms with E-state index in [-0.39, 0.29) is 5.91 Å². The maximum absolute atomic E-state index is 12.6. The number of likely N-dealkylation sites (tertiary alicyclic amines) is 1. The molecule has 0 aliphatic carbocycles. The Bertz CT molecular complexity index is 713. The van der Waals surface area contributed by atoms with Crippen LogP contribution in [-0.2, 0) is 11.2 Å². The predicted octanol–water partition coefficient (Wildman–Crippen LogP) is 4.00. The Morgan fingerprint density at radius 1 is 1.30 bits per heavy atom. The fourth-order valence-electron chi connectivity index (χ4n) is 3.85. The third kappa shape index (κ3) is 5.42. The number of benzene rings is 1. The summed E-state index contributed by atoms with van der Waals surface area (Å²) in [4.78, 5) is 16.8. The van der Waals surface area contributed by atoms with Crippen LogP contribution in [0.25, 0.3) is 11.3 Å². The minimum Gasteiger partial charge on any atom is -0.361 e. The van der Waals surface area contributed by atoms with Gasteiger partial charge in [0.15, 0.2) is 0 Å². The highest BCUT2D eigenvalue weighted by Crippen LogP contribution is 2.20. The van der Waals surface area contributed by atoms with Gasteiger partial charge in [-0.05, 0) is 45.7 Å². The van der Waals surface area contributed by atoms with Gasteiger partial charge in [-0.1, -0.05) is 42.4 Å². The van der Waals surface area contributed by atoms with E-state index in [1.165, 1.54) is 6.42 Å². The van der Waals surface area contributed by atoms with Crippen LogP contribution in [0.3, 0.4) is 0 Å². The van der Waals surface area contributed by atoms with Gasteiger partial charge in [0.2, 0.25) is 5.91 Å². The second-order valence-electron chi connectivity index (χ2n) is 7.53. The normalized spacial score (nSPS) is 17.4. The van der Waals surface area contributed by atoms with Gasteiger partial charge in [0.05, 0.1) is 6.54 Å². The van der Waals surface area contributed by atoms with Crippen molar-refractivity contribution in [3.8, 4) is 11.3 Å². The molecule has 1 atom stereocenters. The van der Waals surface area contributed by atoms with Crippen molar-refractivity contribution in [3.63, 3.8) is 0 Å². The van der Waals surface area contributed by atoms with Crippen molar-refractivity contribution < 1.29 is 9.32 Å². The van der Waals surface area contributed by atoms with Crippen LogP contribution in [-0.4, -0.2) is 53.6 Å². The van der Waals surface area contributed by atoms with Crippen molar-refractivity contribution in [1.82, 2.24) is 15.0 Å². The van der Waals surface area contributed by atoms with Gasteiger partial charge in [-0.3, -0.25) is 9.69 Å². The number of amides is 1. The van der Waals surface area contributed by atoms with Crippen LogP contribution in [0, 0.1) is 0 Å². The summed E-state index contributed by atoms with van der Waals surface area (Å²) in [6.07, 6.45) is 6.39. The van der Waals surface area contributed by atoms with Gasteiger partial charge in [-0.15, -0.1) is 0 Å². The van der Waals surface area contributed by atoms with Crippen molar-refractivity contribution in [2.75, 3.05) is 26.7 Å². The summed E-state index contributed by atoms with van der Waals surface area (Å²) in [7, 11) is 2.03. The number of aryl methyl sites for hydroxylation is 1. The van der Waals surface area contributed by atoms with E-state index in [0.717, 1.165) is 62.2 Å². The summed E-state index contributed by atoms with van der Waals surface area (Å²) in [6, 6.07) is 12.5. The molecule has 1 saturated heterocycles. The highest BCUT2D eigenvalue weighted by Gasteiger charge is 2.25. The molecule has 0 radical (unpaired) electrons. The minimum atomic E-state index is 0.273. The van der Waals surface area contributed by atoms with Crippen LogP contribution >= 0.6 is 0 Å². The number of carbonyl (C=O) groups is 1. The predicted molar refractivity (Wildman–Crippen MR) is 107 cm³/mol. The zero-order valence-electron chi connectivity index (χ0n) is 16.6. The number of carbonyl (C=O) groups excluding carboxylic acids is 1. The number of hydrogen-bond donors (Lipinski definition) is 0. The van der Waals surface area contributed by atoms with Crippen LogP contribution < -0.4 is 0 Å². The molecule has 1 amide bonds. The lowest BCUT2D eigenvalue weighted by molar-refractivity contribution is -0.135. The molecule has 146 valence electrons. The lowest BCUT2D eigenvalue weighted by Crippen LogP contribution is -2.47. The van der Waals surface area contributed by atoms with Gasteiger partial charge < -0.3 is 9.42 Å². The topological polar surface area (TPSA) is 49.6 Å². The maximum atomic E-state index is 12.6. The van der Waals surface area contributed by atoms with Crippen LogP contribution in [0.4, 0.5) is 0 Å². The molecule has 1 aliphatic rings. The molecule has 2 heterocycles. The van der Waals surface area contributed by atoms with Gasteiger partial charge in [-0.2, -0.15) is 0 Å². The first-order valence-electron chi connectivity index (χ1n) is 10.2. The number of aromatic nitrogens is 1. The third-order valence-corrected chi connectivity index (χ3v) is 5.42. The molecule has 0 saturated carbocycles. The average Bonchev–Trinajstić information content (AvgIpc) is 3.17. The van der Waals surface area contributed by atoms with Gasteiger partial charge in [0, 0.05) is 30.6 Å². The number of nitrogens with zero attached hydrogens (tertiary/aromatic N) is 3. The summed E-state index contributed by atoms with van der Waals surface area (Å²) in [5.41, 5.74) is 1.95. The fraction of sp³-hybridized carbons (Fsp3) is 0.545. The Labute approximate surface area is 162 Å². The first-order valence-corrected chi connectivity index (χ1v) is 10.2. The van der Waals surface area contributed by atoms with Crippen molar-refractivity contribution in [2.45, 2.75) is 51.5 Å². The Morgan fingerprint density at radius 2 is 2.11 bits per heavy atom. The van der Waals surface area contributed by atoms with E-state index in [2.05, 4.69) is 21.9 Å². The molecule has 27 heavy (non-hydrogen) atoms. The monoisotopic (exact) mass is 369 g/mol. The maximum Gasteiger partial charge on any atom is 0.236 e. The highest BCUT2D eigenvalue weighted by molar-refractivity contribution is 5.78. The van der Waals surface area contributed by atoms with Crippen molar-refractivity contribution in [3.05, 3.63) is 42.2 Å². The van der Waals surface area contributed by atoms with Crippen LogP contribution in [0.1, 0.15) is 44.8 Å². The molecule has 1 aliphatic heterocycles. The summed E-state index contributed by atoms with van der Waals surface area (Å²) >= 11 is 0. The Hall–Kier alpha value is -2.14. The van der Waals surface area contributed by atoms with Gasteiger partial charge in [0.1, 0.15) is 11.5 Å². The SMILES string of the molecule is CCC1CCCCN1C(=O)CN(C)CCCc1cc(-c2ccccc2)no1. The molecular formula is C22H31N3O2. The molecule has 5 heteroatoms. The summed E-state index contributed by atoms with van der Waals surface area (Å²) < 4.78 is 5.46. The standard InChI is InChI=1S/C22H31N3O2/c1-3-19-12-7-8-15-25(19)22(26)17-24(2)14-9-13-20-16-21(23-27-20)18-10-5-4-6-11-18/h4-6,10-11,16,19H,3,7-9,12-15,17H2,1-2H3. The van der Waals surface area contributed by atoms with E-state index in [1.807, 2.05) is 43.4 Å². The molecule has 0 N–H and O–H groups in total. The lowest BCUT2D eigenvalue weighted by Gasteiger charge is -2.36. The van der Waals surface area contributed by atoms with E-state index in [4.69, 9.17) is 4.52 Å². The van der Waals surface area contributed by atoms with Crippen molar-refractivity contribution in [1.29, 1.82) is 0 Å². The lowest BCUT2D eigenvalue weighted by atomic mass is 10.00.